The van der Waals surface area contributed by atoms with E-state index in [-0.39, 0.29) is 24.1 Å². The number of para-hydroxylation sites is 1. The van der Waals surface area contributed by atoms with Crippen LogP contribution in [0.3, 0.4) is 0 Å². The van der Waals surface area contributed by atoms with Crippen LogP contribution in [0.2, 0.25) is 0 Å². The van der Waals surface area contributed by atoms with E-state index >= 15 is 0 Å². The zero-order valence-electron chi connectivity index (χ0n) is 16.2. The molecule has 3 rings (SSSR count). The van der Waals surface area contributed by atoms with Gasteiger partial charge in [-0.1, -0.05) is 25.1 Å². The fraction of sp³-hybridized carbons (Fsp3) is 0.381. The SMILES string of the molecule is CCc1cccc(C)c1NC(=O)CC(=O)N1CCN(C(=O)c2ccco2)CC1. The summed E-state index contributed by atoms with van der Waals surface area (Å²) in [6, 6.07) is 9.16. The minimum Gasteiger partial charge on any atom is -0.459 e. The highest BCUT2D eigenvalue weighted by Gasteiger charge is 2.27. The quantitative estimate of drug-likeness (QED) is 0.804. The van der Waals surface area contributed by atoms with Crippen molar-refractivity contribution in [3.63, 3.8) is 0 Å². The standard InChI is InChI=1S/C21H25N3O4/c1-3-16-7-4-6-15(2)20(16)22-18(25)14-19(26)23-9-11-24(12-10-23)21(27)17-8-5-13-28-17/h4-8,13H,3,9-12,14H2,1-2H3,(H,22,25). The second-order valence-electron chi connectivity index (χ2n) is 6.84. The smallest absolute Gasteiger partial charge is 0.289 e. The van der Waals surface area contributed by atoms with Crippen molar-refractivity contribution in [1.82, 2.24) is 9.80 Å². The molecule has 7 heteroatoms. The number of aryl methyl sites for hydroxylation is 2. The zero-order valence-corrected chi connectivity index (χ0v) is 16.2. The number of amides is 3. The predicted molar refractivity (Wildman–Crippen MR) is 105 cm³/mol. The first-order valence-electron chi connectivity index (χ1n) is 9.48. The molecule has 0 unspecified atom stereocenters. The van der Waals surface area contributed by atoms with E-state index in [1.165, 1.54) is 6.26 Å². The average Bonchev–Trinajstić information content (AvgIpc) is 3.24. The molecule has 7 nitrogen and oxygen atoms in total. The van der Waals surface area contributed by atoms with Crippen LogP contribution in [0, 0.1) is 6.92 Å². The number of rotatable bonds is 5. The van der Waals surface area contributed by atoms with E-state index in [0.29, 0.717) is 31.9 Å². The Morgan fingerprint density at radius 1 is 1.04 bits per heavy atom. The number of carbonyl (C=O) groups excluding carboxylic acids is 3. The van der Waals surface area contributed by atoms with Gasteiger partial charge in [0.25, 0.3) is 5.91 Å². The number of carbonyl (C=O) groups is 3. The van der Waals surface area contributed by atoms with Gasteiger partial charge < -0.3 is 19.5 Å². The van der Waals surface area contributed by atoms with E-state index in [1.54, 1.807) is 21.9 Å². The second kappa shape index (κ2) is 8.73. The lowest BCUT2D eigenvalue weighted by Crippen LogP contribution is -2.51. The first-order chi connectivity index (χ1) is 13.5. The van der Waals surface area contributed by atoms with Crippen LogP contribution in [0.25, 0.3) is 0 Å². The van der Waals surface area contributed by atoms with Crippen LogP contribution in [0.15, 0.2) is 41.0 Å². The van der Waals surface area contributed by atoms with Crippen molar-refractivity contribution in [3.8, 4) is 0 Å². The van der Waals surface area contributed by atoms with E-state index in [4.69, 9.17) is 4.42 Å². The molecular formula is C21H25N3O4. The van der Waals surface area contributed by atoms with Crippen molar-refractivity contribution in [2.75, 3.05) is 31.5 Å². The molecule has 0 atom stereocenters. The maximum absolute atomic E-state index is 12.5. The Kier molecular flexibility index (Phi) is 6.13. The van der Waals surface area contributed by atoms with Gasteiger partial charge in [0.15, 0.2) is 5.76 Å². The van der Waals surface area contributed by atoms with Crippen LogP contribution in [-0.4, -0.2) is 53.7 Å². The molecule has 1 aliphatic heterocycles. The topological polar surface area (TPSA) is 82.9 Å². The lowest BCUT2D eigenvalue weighted by atomic mass is 10.1. The van der Waals surface area contributed by atoms with Gasteiger partial charge in [0.2, 0.25) is 11.8 Å². The third kappa shape index (κ3) is 4.42. The maximum Gasteiger partial charge on any atom is 0.289 e. The lowest BCUT2D eigenvalue weighted by Gasteiger charge is -2.34. The highest BCUT2D eigenvalue weighted by atomic mass is 16.3. The van der Waals surface area contributed by atoms with Crippen molar-refractivity contribution in [3.05, 3.63) is 53.5 Å². The van der Waals surface area contributed by atoms with Gasteiger partial charge in [-0.2, -0.15) is 0 Å². The molecule has 3 amide bonds. The molecule has 1 N–H and O–H groups in total. The summed E-state index contributed by atoms with van der Waals surface area (Å²) in [5.74, 6) is -0.428. The third-order valence-corrected chi connectivity index (χ3v) is 4.97. The summed E-state index contributed by atoms with van der Waals surface area (Å²) in [7, 11) is 0. The first-order valence-corrected chi connectivity index (χ1v) is 9.48. The lowest BCUT2D eigenvalue weighted by molar-refractivity contribution is -0.135. The molecule has 0 aliphatic carbocycles. The van der Waals surface area contributed by atoms with Gasteiger partial charge in [-0.25, -0.2) is 0 Å². The van der Waals surface area contributed by atoms with Gasteiger partial charge >= 0.3 is 0 Å². The van der Waals surface area contributed by atoms with E-state index < -0.39 is 0 Å². The summed E-state index contributed by atoms with van der Waals surface area (Å²) in [5, 5.41) is 2.88. The minimum absolute atomic E-state index is 0.179. The summed E-state index contributed by atoms with van der Waals surface area (Å²) < 4.78 is 5.14. The second-order valence-corrected chi connectivity index (χ2v) is 6.84. The minimum atomic E-state index is -0.317. The van der Waals surface area contributed by atoms with E-state index in [1.807, 2.05) is 32.0 Å². The Morgan fingerprint density at radius 2 is 1.75 bits per heavy atom. The molecule has 28 heavy (non-hydrogen) atoms. The summed E-state index contributed by atoms with van der Waals surface area (Å²) in [6.07, 6.45) is 2.06. The van der Waals surface area contributed by atoms with Gasteiger partial charge in [-0.05, 0) is 36.6 Å². The van der Waals surface area contributed by atoms with Crippen LogP contribution in [0.4, 0.5) is 5.69 Å². The number of nitrogens with one attached hydrogen (secondary N) is 1. The predicted octanol–water partition coefficient (Wildman–Crippen LogP) is 2.46. The molecule has 0 radical (unpaired) electrons. The van der Waals surface area contributed by atoms with Crippen LogP contribution in [-0.2, 0) is 16.0 Å². The number of hydrogen-bond donors (Lipinski definition) is 1. The van der Waals surface area contributed by atoms with Crippen molar-refractivity contribution in [2.24, 2.45) is 0 Å². The van der Waals surface area contributed by atoms with Crippen LogP contribution in [0.5, 0.6) is 0 Å². The highest BCUT2D eigenvalue weighted by molar-refractivity contribution is 6.04. The van der Waals surface area contributed by atoms with E-state index in [9.17, 15) is 14.4 Å². The van der Waals surface area contributed by atoms with Crippen LogP contribution < -0.4 is 5.32 Å². The number of furan rings is 1. The number of piperazine rings is 1. The van der Waals surface area contributed by atoms with Crippen molar-refractivity contribution in [1.29, 1.82) is 0 Å². The Hall–Kier alpha value is -3.09. The maximum atomic E-state index is 12.5. The zero-order chi connectivity index (χ0) is 20.1. The molecule has 2 aromatic rings. The normalized spacial score (nSPS) is 14.1. The summed E-state index contributed by atoms with van der Waals surface area (Å²) in [6.45, 7) is 5.62. The van der Waals surface area contributed by atoms with Crippen molar-refractivity contribution < 1.29 is 18.8 Å². The van der Waals surface area contributed by atoms with Crippen LogP contribution >= 0.6 is 0 Å². The van der Waals surface area contributed by atoms with Gasteiger partial charge in [-0.15, -0.1) is 0 Å². The molecule has 1 aromatic carbocycles. The molecule has 1 aromatic heterocycles. The summed E-state index contributed by atoms with van der Waals surface area (Å²) >= 11 is 0. The molecular weight excluding hydrogens is 358 g/mol. The third-order valence-electron chi connectivity index (χ3n) is 4.97. The molecule has 1 fully saturated rings. The van der Waals surface area contributed by atoms with Gasteiger partial charge in [0, 0.05) is 31.9 Å². The van der Waals surface area contributed by atoms with E-state index in [2.05, 4.69) is 5.32 Å². The Bertz CT molecular complexity index is 853. The monoisotopic (exact) mass is 383 g/mol. The fourth-order valence-corrected chi connectivity index (χ4v) is 3.35. The van der Waals surface area contributed by atoms with Gasteiger partial charge in [0.05, 0.1) is 6.26 Å². The number of hydrogen-bond acceptors (Lipinski definition) is 4. The van der Waals surface area contributed by atoms with Crippen molar-refractivity contribution >= 4 is 23.4 Å². The number of nitrogens with zero attached hydrogens (tertiary/aromatic N) is 2. The van der Waals surface area contributed by atoms with Crippen LogP contribution in [0.1, 0.15) is 35.0 Å². The van der Waals surface area contributed by atoms with Gasteiger partial charge in [-0.3, -0.25) is 14.4 Å². The Labute approximate surface area is 164 Å². The highest BCUT2D eigenvalue weighted by Crippen LogP contribution is 2.21. The molecule has 2 heterocycles. The first kappa shape index (κ1) is 19.7. The van der Waals surface area contributed by atoms with Crippen molar-refractivity contribution in [2.45, 2.75) is 26.7 Å². The Balaban J connectivity index is 1.52. The largest absolute Gasteiger partial charge is 0.459 e. The number of anilines is 1. The average molecular weight is 383 g/mol. The fourth-order valence-electron chi connectivity index (χ4n) is 3.35. The molecule has 0 spiro atoms. The van der Waals surface area contributed by atoms with E-state index in [0.717, 1.165) is 23.2 Å². The summed E-state index contributed by atoms with van der Waals surface area (Å²) in [4.78, 5) is 40.4. The molecule has 148 valence electrons. The number of benzene rings is 1. The van der Waals surface area contributed by atoms with Gasteiger partial charge in [0.1, 0.15) is 6.42 Å². The molecule has 0 saturated carbocycles. The molecule has 1 aliphatic rings. The Morgan fingerprint density at radius 3 is 2.39 bits per heavy atom. The molecule has 1 saturated heterocycles. The molecule has 0 bridgehead atoms. The summed E-state index contributed by atoms with van der Waals surface area (Å²) in [5.41, 5.74) is 2.81.